The number of phosphoric acid groups is 3. The third kappa shape index (κ3) is 14.6. The van der Waals surface area contributed by atoms with Crippen LogP contribution in [0, 0.1) is 57.7 Å². The second kappa shape index (κ2) is 25.1. The topological polar surface area (TPSA) is 404 Å². The van der Waals surface area contributed by atoms with Gasteiger partial charge in [0.1, 0.15) is 36.3 Å². The van der Waals surface area contributed by atoms with E-state index in [2.05, 4.69) is 55.2 Å². The van der Waals surface area contributed by atoms with Crippen molar-refractivity contribution in [3.8, 4) is 0 Å². The molecule has 0 aromatic carbocycles. The predicted octanol–water partition coefficient (Wildman–Crippen LogP) is 4.10. The normalized spacial score (nSPS) is 33.9. The molecule has 2 aromatic rings. The number of nitrogens with two attached hydrogens (primary N) is 1. The fraction of sp³-hybridized carbons (Fsp3) is 0.833. The molecule has 18 atom stereocenters. The number of aliphatic hydroxyl groups is 4. The predicted molar refractivity (Wildman–Crippen MR) is 282 cm³/mol. The van der Waals surface area contributed by atoms with E-state index in [-0.39, 0.29) is 70.6 Å². The third-order valence-electron chi connectivity index (χ3n) is 17.9. The number of nitrogen functional groups attached to an aromatic ring is 1. The van der Waals surface area contributed by atoms with Crippen LogP contribution >= 0.6 is 35.2 Å². The van der Waals surface area contributed by atoms with Crippen LogP contribution in [0.2, 0.25) is 0 Å². The molecular formula is C48H80N7O19P3S. The average molecular weight is 1180 g/mol. The summed E-state index contributed by atoms with van der Waals surface area (Å²) in [6, 6.07) is 0. The lowest BCUT2D eigenvalue weighted by Crippen LogP contribution is -2.58. The number of phosphoric ester groups is 3. The summed E-state index contributed by atoms with van der Waals surface area (Å²) in [5, 5.41) is 48.9. The number of carbonyl (C=O) groups excluding carboxylic acids is 3. The highest BCUT2D eigenvalue weighted by Gasteiger charge is 2.63. The molecule has 2 unspecified atom stereocenters. The maximum absolute atomic E-state index is 13.0. The molecule has 78 heavy (non-hydrogen) atoms. The van der Waals surface area contributed by atoms with Crippen molar-refractivity contribution in [2.45, 2.75) is 161 Å². The van der Waals surface area contributed by atoms with Gasteiger partial charge >= 0.3 is 23.5 Å². The third-order valence-corrected chi connectivity index (χ3v) is 22.1. The lowest BCUT2D eigenvalue weighted by Gasteiger charge is -2.62. The van der Waals surface area contributed by atoms with Crippen LogP contribution in [0.15, 0.2) is 12.7 Å². The zero-order valence-corrected chi connectivity index (χ0v) is 48.4. The molecule has 12 N–H and O–H groups in total. The van der Waals surface area contributed by atoms with Crippen molar-refractivity contribution in [3.05, 3.63) is 12.7 Å². The molecule has 0 bridgehead atoms. The maximum atomic E-state index is 13.0. The van der Waals surface area contributed by atoms with Gasteiger partial charge in [-0.3, -0.25) is 32.5 Å². The number of nitrogens with one attached hydrogen (secondary N) is 2. The molecule has 1 aliphatic heterocycles. The van der Waals surface area contributed by atoms with E-state index in [1.165, 1.54) is 26.7 Å². The summed E-state index contributed by atoms with van der Waals surface area (Å²) in [4.78, 5) is 89.9. The quantitative estimate of drug-likeness (QED) is 0.0492. The first kappa shape index (κ1) is 63.1. The number of anilines is 1. The van der Waals surface area contributed by atoms with Gasteiger partial charge in [0, 0.05) is 36.6 Å². The SMILES string of the molecule is C[C@H](CCC[C@H](C)C(=O)SCCNC(=O)CCNC(=O)[C@H](O)C(C)(C)COP(=O)(O)OP(=O)(O)OC[C@H]1O[C@@H](n2cnc3c(N)ncnc32)[C@H](O)[C@@H]1OP(=O)(O)O)[C@H]1CC[C@H]2[C@@H]3[C@H](O)C[C@@H]4C[C@H](O)CC[C@]4(C)[C@H]3CC[C@]12C. The van der Waals surface area contributed by atoms with Crippen molar-refractivity contribution < 1.29 is 90.7 Å². The Morgan fingerprint density at radius 1 is 0.923 bits per heavy atom. The summed E-state index contributed by atoms with van der Waals surface area (Å²) in [5.74, 6) is 1.58. The van der Waals surface area contributed by atoms with Gasteiger partial charge in [0.05, 0.1) is 31.7 Å². The van der Waals surface area contributed by atoms with E-state index in [9.17, 15) is 68.1 Å². The average Bonchev–Trinajstić information content (AvgIpc) is 4.22. The Bertz CT molecular complexity index is 2600. The molecule has 4 aliphatic carbocycles. The van der Waals surface area contributed by atoms with E-state index >= 15 is 0 Å². The highest BCUT2D eigenvalue weighted by Crippen LogP contribution is 2.68. The first-order valence-electron chi connectivity index (χ1n) is 26.8. The Labute approximate surface area is 457 Å². The van der Waals surface area contributed by atoms with E-state index in [4.69, 9.17) is 19.5 Å². The van der Waals surface area contributed by atoms with Crippen LogP contribution < -0.4 is 16.4 Å². The van der Waals surface area contributed by atoms with E-state index in [1.54, 1.807) is 0 Å². The van der Waals surface area contributed by atoms with Crippen molar-refractivity contribution in [1.82, 2.24) is 30.2 Å². The number of hydrogen-bond donors (Lipinski definition) is 11. The molecule has 30 heteroatoms. The summed E-state index contributed by atoms with van der Waals surface area (Å²) in [5.41, 5.74) is 4.67. The molecule has 7 rings (SSSR count). The van der Waals surface area contributed by atoms with Gasteiger partial charge in [-0.1, -0.05) is 66.1 Å². The molecule has 4 saturated carbocycles. The van der Waals surface area contributed by atoms with Crippen LogP contribution in [0.3, 0.4) is 0 Å². The Hall–Kier alpha value is -2.52. The Balaban J connectivity index is 0.764. The molecule has 1 saturated heterocycles. The summed E-state index contributed by atoms with van der Waals surface area (Å²) in [6.45, 7) is 9.72. The van der Waals surface area contributed by atoms with Crippen molar-refractivity contribution >= 4 is 69.1 Å². The number of thioether (sulfide) groups is 1. The monoisotopic (exact) mass is 1180 g/mol. The number of imidazole rings is 1. The maximum Gasteiger partial charge on any atom is 0.481 e. The summed E-state index contributed by atoms with van der Waals surface area (Å²) < 4.78 is 62.8. The number of fused-ring (bicyclic) bond motifs is 6. The number of aromatic nitrogens is 4. The van der Waals surface area contributed by atoms with E-state index in [0.29, 0.717) is 41.3 Å². The zero-order chi connectivity index (χ0) is 57.3. The highest BCUT2D eigenvalue weighted by atomic mass is 32.2. The van der Waals surface area contributed by atoms with Crippen molar-refractivity contribution in [3.63, 3.8) is 0 Å². The number of hydrogen-bond acceptors (Lipinski definition) is 20. The highest BCUT2D eigenvalue weighted by molar-refractivity contribution is 8.13. The van der Waals surface area contributed by atoms with Gasteiger partial charge in [-0.15, -0.1) is 0 Å². The smallest absolute Gasteiger partial charge is 0.393 e. The van der Waals surface area contributed by atoms with Crippen LogP contribution in [-0.4, -0.2) is 145 Å². The summed E-state index contributed by atoms with van der Waals surface area (Å²) >= 11 is 1.16. The van der Waals surface area contributed by atoms with E-state index in [1.807, 2.05) is 6.92 Å². The largest absolute Gasteiger partial charge is 0.481 e. The molecular weight excluding hydrogens is 1100 g/mol. The number of aliphatic hydroxyl groups excluding tert-OH is 4. The minimum absolute atomic E-state index is 0.0293. The molecule has 3 heterocycles. The second-order valence-corrected chi connectivity index (χ2v) is 28.8. The summed E-state index contributed by atoms with van der Waals surface area (Å²) in [6.07, 6.45) is 3.42. The van der Waals surface area contributed by atoms with E-state index < -0.39 is 84.6 Å². The van der Waals surface area contributed by atoms with Gasteiger partial charge in [-0.25, -0.2) is 28.6 Å². The standard InChI is InChI=1S/C48H80N7O19P3S/c1-26(30-10-11-31-36-32(13-16-48(30,31)6)47(5)15-12-29(56)20-28(47)21-33(36)57)8-7-9-27(2)45(62)78-19-18-50-35(58)14-17-51-43(61)40(60)46(3,4)23-71-77(68,69)74-76(66,67)70-22-34-39(73-75(63,64)65)38(59)44(72-34)55-25-54-37-41(49)52-24-53-42(37)55/h24-34,36,38-40,44,56-57,59-60H,7-23H2,1-6H3,(H,50,58)(H,51,61)(H,66,67)(H,68,69)(H2,49,52,53)(H2,63,64,65)/t26-,27+,28+,29-,30-,31+,32+,33-,34-,36+,38-,39-,40+,44-,47+,48-/m1/s1. The van der Waals surface area contributed by atoms with Crippen LogP contribution in [-0.2, 0) is 50.7 Å². The Morgan fingerprint density at radius 2 is 1.62 bits per heavy atom. The summed E-state index contributed by atoms with van der Waals surface area (Å²) in [7, 11) is -16.5. The molecule has 2 aromatic heterocycles. The molecule has 0 radical (unpaired) electrons. The first-order valence-corrected chi connectivity index (χ1v) is 32.3. The fourth-order valence-corrected chi connectivity index (χ4v) is 17.3. The Kier molecular flexibility index (Phi) is 20.3. The van der Waals surface area contributed by atoms with E-state index in [0.717, 1.165) is 86.8 Å². The molecule has 2 amide bonds. The lowest BCUT2D eigenvalue weighted by molar-refractivity contribution is -0.174. The van der Waals surface area contributed by atoms with Crippen LogP contribution in [0.25, 0.3) is 11.2 Å². The van der Waals surface area contributed by atoms with Crippen LogP contribution in [0.1, 0.15) is 125 Å². The number of amides is 2. The molecule has 5 fully saturated rings. The molecule has 26 nitrogen and oxygen atoms in total. The lowest BCUT2D eigenvalue weighted by atomic mass is 9.43. The minimum Gasteiger partial charge on any atom is -0.393 e. The fourth-order valence-electron chi connectivity index (χ4n) is 13.7. The second-order valence-electron chi connectivity index (χ2n) is 23.5. The van der Waals surface area contributed by atoms with Gasteiger partial charge in [0.2, 0.25) is 11.8 Å². The van der Waals surface area contributed by atoms with Gasteiger partial charge in [0.15, 0.2) is 22.8 Å². The molecule has 0 spiro atoms. The number of carbonyl (C=O) groups is 3. The van der Waals surface area contributed by atoms with Crippen molar-refractivity contribution in [2.75, 3.05) is 37.8 Å². The van der Waals surface area contributed by atoms with Gasteiger partial charge in [-0.05, 0) is 104 Å². The van der Waals surface area contributed by atoms with Gasteiger partial charge < -0.3 is 61.1 Å². The van der Waals surface area contributed by atoms with Crippen molar-refractivity contribution in [2.24, 2.45) is 57.7 Å². The van der Waals surface area contributed by atoms with Gasteiger partial charge in [-0.2, -0.15) is 4.31 Å². The number of ether oxygens (including phenoxy) is 1. The number of rotatable bonds is 25. The minimum atomic E-state index is -5.60. The van der Waals surface area contributed by atoms with Crippen molar-refractivity contribution in [1.29, 1.82) is 0 Å². The zero-order valence-electron chi connectivity index (χ0n) is 44.9. The van der Waals surface area contributed by atoms with Gasteiger partial charge in [0.25, 0.3) is 0 Å². The molecule has 5 aliphatic rings. The number of nitrogens with zero attached hydrogens (tertiary/aromatic N) is 4. The first-order chi connectivity index (χ1) is 36.4. The van der Waals surface area contributed by atoms with Crippen LogP contribution in [0.5, 0.6) is 0 Å². The molecule has 442 valence electrons. The Morgan fingerprint density at radius 3 is 2.33 bits per heavy atom. The van der Waals surface area contributed by atoms with Crippen LogP contribution in [0.4, 0.5) is 5.82 Å².